The molecule has 0 fully saturated rings. The zero-order chi connectivity index (χ0) is 32.1. The van der Waals surface area contributed by atoms with E-state index in [4.69, 9.17) is 0 Å². The molecule has 0 unspecified atom stereocenters. The number of nitrogens with zero attached hydrogens (tertiary/aromatic N) is 3. The van der Waals surface area contributed by atoms with Crippen LogP contribution >= 0.6 is 0 Å². The lowest BCUT2D eigenvalue weighted by Crippen LogP contribution is -1.97. The van der Waals surface area contributed by atoms with Gasteiger partial charge < -0.3 is 13.7 Å². The summed E-state index contributed by atoms with van der Waals surface area (Å²) < 4.78 is 7.37. The van der Waals surface area contributed by atoms with E-state index in [-0.39, 0.29) is 0 Å². The molecule has 0 spiro atoms. The minimum absolute atomic E-state index is 1.17. The molecule has 11 aromatic rings. The van der Waals surface area contributed by atoms with Crippen LogP contribution in [0.3, 0.4) is 0 Å². The van der Waals surface area contributed by atoms with E-state index in [0.717, 1.165) is 0 Å². The predicted octanol–water partition coefficient (Wildman–Crippen LogP) is 12.1. The number of fused-ring (bicyclic) bond motifs is 10. The molecule has 0 radical (unpaired) electrons. The number of aromatic nitrogens is 3. The van der Waals surface area contributed by atoms with Crippen LogP contribution in [0.2, 0.25) is 0 Å². The summed E-state index contributed by atoms with van der Waals surface area (Å²) >= 11 is 0. The molecule has 49 heavy (non-hydrogen) atoms. The fourth-order valence-corrected chi connectivity index (χ4v) is 8.39. The second-order valence-corrected chi connectivity index (χ2v) is 12.9. The summed E-state index contributed by atoms with van der Waals surface area (Å²) in [6.07, 6.45) is 0. The van der Waals surface area contributed by atoms with Crippen LogP contribution in [-0.2, 0) is 0 Å². The van der Waals surface area contributed by atoms with Gasteiger partial charge in [0.05, 0.1) is 44.5 Å². The lowest BCUT2D eigenvalue weighted by molar-refractivity contribution is 1.18. The molecule has 3 aromatic heterocycles. The van der Waals surface area contributed by atoms with E-state index in [1.165, 1.54) is 93.3 Å². The minimum Gasteiger partial charge on any atom is -0.309 e. The highest BCUT2D eigenvalue weighted by molar-refractivity contribution is 6.21. The molecule has 3 heterocycles. The quantitative estimate of drug-likeness (QED) is 0.186. The van der Waals surface area contributed by atoms with Crippen molar-refractivity contribution < 1.29 is 0 Å². The Bertz CT molecular complexity index is 3090. The maximum absolute atomic E-state index is 2.50. The van der Waals surface area contributed by atoms with Crippen LogP contribution in [0.15, 0.2) is 176 Å². The van der Waals surface area contributed by atoms with Crippen LogP contribution in [0.1, 0.15) is 0 Å². The summed E-state index contributed by atoms with van der Waals surface area (Å²) in [5, 5.41) is 9.98. The minimum atomic E-state index is 1.17. The van der Waals surface area contributed by atoms with Crippen molar-refractivity contribution in [2.45, 2.75) is 0 Å². The van der Waals surface area contributed by atoms with Crippen molar-refractivity contribution in [2.75, 3.05) is 0 Å². The van der Waals surface area contributed by atoms with Gasteiger partial charge in [-0.3, -0.25) is 0 Å². The van der Waals surface area contributed by atoms with Crippen molar-refractivity contribution in [1.29, 1.82) is 0 Å². The van der Waals surface area contributed by atoms with Gasteiger partial charge in [0.1, 0.15) is 0 Å². The first kappa shape index (κ1) is 26.5. The second kappa shape index (κ2) is 9.96. The van der Waals surface area contributed by atoms with Gasteiger partial charge in [-0.2, -0.15) is 0 Å². The molecule has 0 N–H and O–H groups in total. The van der Waals surface area contributed by atoms with E-state index in [1.807, 2.05) is 0 Å². The first-order chi connectivity index (χ1) is 24.3. The van der Waals surface area contributed by atoms with Gasteiger partial charge in [0.2, 0.25) is 0 Å². The number of rotatable bonds is 3. The van der Waals surface area contributed by atoms with Crippen LogP contribution in [0.25, 0.3) is 93.3 Å². The summed E-state index contributed by atoms with van der Waals surface area (Å²) in [4.78, 5) is 0. The molecule has 0 atom stereocenters. The Morgan fingerprint density at radius 1 is 0.265 bits per heavy atom. The lowest BCUT2D eigenvalue weighted by atomic mass is 10.1. The van der Waals surface area contributed by atoms with Gasteiger partial charge in [-0.05, 0) is 66.0 Å². The standard InChI is InChI=1S/C46H29N3/c1-2-16-31(17-3-1)47-39-22-9-6-19-33(39)36-29-45-37(28-44(36)47)34-20-7-10-23-40(34)49(45)43-27-13-26-42-46(43)35-21-8-11-24-41(35)48(42)38-25-12-15-30-14-4-5-18-32(30)38/h1-29H. The zero-order valence-electron chi connectivity index (χ0n) is 26.6. The van der Waals surface area contributed by atoms with Crippen molar-refractivity contribution in [3.05, 3.63) is 176 Å². The third-order valence-corrected chi connectivity index (χ3v) is 10.4. The molecular formula is C46H29N3. The Kier molecular flexibility index (Phi) is 5.38. The van der Waals surface area contributed by atoms with E-state index in [1.54, 1.807) is 0 Å². The first-order valence-electron chi connectivity index (χ1n) is 16.9. The number of benzene rings is 8. The first-order valence-corrected chi connectivity index (χ1v) is 16.9. The summed E-state index contributed by atoms with van der Waals surface area (Å²) in [5.74, 6) is 0. The molecular weight excluding hydrogens is 595 g/mol. The fraction of sp³-hybridized carbons (Fsp3) is 0. The topological polar surface area (TPSA) is 14.8 Å². The Hall–Kier alpha value is -6.58. The zero-order valence-corrected chi connectivity index (χ0v) is 26.6. The lowest BCUT2D eigenvalue weighted by Gasteiger charge is -2.13. The number of hydrogen-bond acceptors (Lipinski definition) is 0. The highest BCUT2D eigenvalue weighted by atomic mass is 15.0. The van der Waals surface area contributed by atoms with Gasteiger partial charge in [0, 0.05) is 43.4 Å². The van der Waals surface area contributed by atoms with Crippen molar-refractivity contribution in [3.8, 4) is 17.1 Å². The summed E-state index contributed by atoms with van der Waals surface area (Å²) in [5.41, 5.74) is 10.8. The predicted molar refractivity (Wildman–Crippen MR) is 207 cm³/mol. The molecule has 0 saturated heterocycles. The molecule has 8 aromatic carbocycles. The van der Waals surface area contributed by atoms with Crippen LogP contribution < -0.4 is 0 Å². The normalized spacial score (nSPS) is 12.1. The van der Waals surface area contributed by atoms with Crippen molar-refractivity contribution in [2.24, 2.45) is 0 Å². The van der Waals surface area contributed by atoms with Crippen LogP contribution in [-0.4, -0.2) is 13.7 Å². The Morgan fingerprint density at radius 3 is 1.47 bits per heavy atom. The number of hydrogen-bond donors (Lipinski definition) is 0. The molecule has 0 bridgehead atoms. The van der Waals surface area contributed by atoms with Crippen LogP contribution in [0.4, 0.5) is 0 Å². The second-order valence-electron chi connectivity index (χ2n) is 12.9. The summed E-state index contributed by atoms with van der Waals surface area (Å²) in [7, 11) is 0. The molecule has 11 rings (SSSR count). The van der Waals surface area contributed by atoms with E-state index >= 15 is 0 Å². The molecule has 228 valence electrons. The highest BCUT2D eigenvalue weighted by Gasteiger charge is 2.22. The Morgan fingerprint density at radius 2 is 0.735 bits per heavy atom. The monoisotopic (exact) mass is 623 g/mol. The molecule has 3 heteroatoms. The van der Waals surface area contributed by atoms with E-state index in [9.17, 15) is 0 Å². The Labute approximate surface area is 282 Å². The largest absolute Gasteiger partial charge is 0.309 e. The van der Waals surface area contributed by atoms with E-state index < -0.39 is 0 Å². The van der Waals surface area contributed by atoms with E-state index in [2.05, 4.69) is 190 Å². The SMILES string of the molecule is c1ccc(-n2c3ccccc3c3cc4c(cc32)c2ccccc2n4-c2cccc3c2c2ccccc2n3-c2cccc3ccccc23)cc1. The highest BCUT2D eigenvalue weighted by Crippen LogP contribution is 2.43. The van der Waals surface area contributed by atoms with Gasteiger partial charge in [-0.15, -0.1) is 0 Å². The Balaban J connectivity index is 1.29. The molecule has 0 aliphatic rings. The summed E-state index contributed by atoms with van der Waals surface area (Å²) in [6, 6.07) is 64.2. The van der Waals surface area contributed by atoms with Gasteiger partial charge in [-0.25, -0.2) is 0 Å². The van der Waals surface area contributed by atoms with Crippen LogP contribution in [0.5, 0.6) is 0 Å². The molecule has 0 aliphatic heterocycles. The van der Waals surface area contributed by atoms with Gasteiger partial charge in [0.15, 0.2) is 0 Å². The van der Waals surface area contributed by atoms with Gasteiger partial charge >= 0.3 is 0 Å². The summed E-state index contributed by atoms with van der Waals surface area (Å²) in [6.45, 7) is 0. The van der Waals surface area contributed by atoms with Crippen molar-refractivity contribution >= 4 is 76.2 Å². The molecule has 0 amide bonds. The van der Waals surface area contributed by atoms with Gasteiger partial charge in [-0.1, -0.05) is 115 Å². The fourth-order valence-electron chi connectivity index (χ4n) is 8.39. The average molecular weight is 624 g/mol. The van der Waals surface area contributed by atoms with E-state index in [0.29, 0.717) is 0 Å². The van der Waals surface area contributed by atoms with Crippen LogP contribution in [0, 0.1) is 0 Å². The average Bonchev–Trinajstić information content (AvgIpc) is 3.79. The van der Waals surface area contributed by atoms with Crippen molar-refractivity contribution in [3.63, 3.8) is 0 Å². The smallest absolute Gasteiger partial charge is 0.0562 e. The molecule has 0 aliphatic carbocycles. The molecule has 3 nitrogen and oxygen atoms in total. The third kappa shape index (κ3) is 3.62. The molecule has 0 saturated carbocycles. The maximum Gasteiger partial charge on any atom is 0.0562 e. The number of para-hydroxylation sites is 4. The third-order valence-electron chi connectivity index (χ3n) is 10.4. The van der Waals surface area contributed by atoms with Gasteiger partial charge in [0.25, 0.3) is 0 Å². The van der Waals surface area contributed by atoms with Crippen molar-refractivity contribution in [1.82, 2.24) is 13.7 Å². The maximum atomic E-state index is 2.50.